The largest absolute Gasteiger partial charge is 0.377 e. The van der Waals surface area contributed by atoms with Crippen molar-refractivity contribution in [2.75, 3.05) is 13.2 Å². The summed E-state index contributed by atoms with van der Waals surface area (Å²) in [5.41, 5.74) is 4.89. The number of hydrogen-bond donors (Lipinski definition) is 2. The van der Waals surface area contributed by atoms with E-state index in [-0.39, 0.29) is 24.5 Å². The lowest BCUT2D eigenvalue weighted by molar-refractivity contribution is -0.126. The van der Waals surface area contributed by atoms with Crippen molar-refractivity contribution < 1.29 is 14.3 Å². The van der Waals surface area contributed by atoms with Crippen molar-refractivity contribution in [1.82, 2.24) is 5.32 Å². The minimum absolute atomic E-state index is 0.0342. The number of ether oxygens (including phenoxy) is 1. The molecule has 0 aromatic carbocycles. The van der Waals surface area contributed by atoms with E-state index in [1.54, 1.807) is 0 Å². The van der Waals surface area contributed by atoms with Crippen LogP contribution in [0, 0.1) is 11.8 Å². The molecule has 1 heterocycles. The molecule has 2 amide bonds. The maximum Gasteiger partial charge on any atom is 0.236 e. The molecule has 0 aromatic rings. The van der Waals surface area contributed by atoms with Crippen LogP contribution in [0.15, 0.2) is 0 Å². The molecule has 72 valence electrons. The molecule has 13 heavy (non-hydrogen) atoms. The highest BCUT2D eigenvalue weighted by atomic mass is 16.5. The topological polar surface area (TPSA) is 81.4 Å². The van der Waals surface area contributed by atoms with Crippen molar-refractivity contribution in [2.24, 2.45) is 17.6 Å². The zero-order valence-corrected chi connectivity index (χ0v) is 7.16. The molecule has 2 fully saturated rings. The summed E-state index contributed by atoms with van der Waals surface area (Å²) in [6, 6.07) is 0. The molecule has 5 nitrogen and oxygen atoms in total. The van der Waals surface area contributed by atoms with Crippen molar-refractivity contribution in [3.05, 3.63) is 0 Å². The van der Waals surface area contributed by atoms with Gasteiger partial charge in [0.15, 0.2) is 0 Å². The first-order valence-corrected chi connectivity index (χ1v) is 4.38. The lowest BCUT2D eigenvalue weighted by Crippen LogP contribution is -2.35. The van der Waals surface area contributed by atoms with Crippen LogP contribution in [0.4, 0.5) is 0 Å². The molecule has 2 rings (SSSR count). The number of hydrogen-bond acceptors (Lipinski definition) is 3. The van der Waals surface area contributed by atoms with Gasteiger partial charge in [0.05, 0.1) is 18.6 Å². The van der Waals surface area contributed by atoms with Gasteiger partial charge in [-0.15, -0.1) is 0 Å². The van der Waals surface area contributed by atoms with E-state index in [1.807, 2.05) is 0 Å². The lowest BCUT2D eigenvalue weighted by Gasteiger charge is -2.03. The van der Waals surface area contributed by atoms with Gasteiger partial charge in [0.25, 0.3) is 0 Å². The van der Waals surface area contributed by atoms with Crippen molar-refractivity contribution >= 4 is 11.8 Å². The van der Waals surface area contributed by atoms with Crippen LogP contribution in [0.1, 0.15) is 6.42 Å². The Labute approximate surface area is 75.6 Å². The molecular formula is C8H12N2O3. The molecule has 1 saturated heterocycles. The van der Waals surface area contributed by atoms with Gasteiger partial charge in [-0.3, -0.25) is 9.59 Å². The molecule has 2 aliphatic rings. The van der Waals surface area contributed by atoms with Gasteiger partial charge in [0, 0.05) is 12.5 Å². The Hall–Kier alpha value is -1.10. The Morgan fingerprint density at radius 1 is 1.54 bits per heavy atom. The minimum atomic E-state index is -0.514. The Morgan fingerprint density at radius 3 is 2.85 bits per heavy atom. The molecule has 0 aromatic heterocycles. The molecule has 3 atom stereocenters. The third kappa shape index (κ3) is 1.51. The van der Waals surface area contributed by atoms with Crippen LogP contribution < -0.4 is 11.1 Å². The van der Waals surface area contributed by atoms with Crippen LogP contribution in [0.3, 0.4) is 0 Å². The summed E-state index contributed by atoms with van der Waals surface area (Å²) >= 11 is 0. The van der Waals surface area contributed by atoms with Gasteiger partial charge < -0.3 is 15.8 Å². The Kier molecular flexibility index (Phi) is 1.95. The monoisotopic (exact) mass is 184 g/mol. The highest BCUT2D eigenvalue weighted by molar-refractivity contribution is 5.87. The van der Waals surface area contributed by atoms with Gasteiger partial charge in [0.1, 0.15) is 0 Å². The number of carbonyl (C=O) groups is 2. The summed E-state index contributed by atoms with van der Waals surface area (Å²) in [4.78, 5) is 21.7. The predicted octanol–water partition coefficient (Wildman–Crippen LogP) is -1.38. The second-order valence-electron chi connectivity index (χ2n) is 3.50. The second kappa shape index (κ2) is 2.99. The van der Waals surface area contributed by atoms with Crippen LogP contribution >= 0.6 is 0 Å². The summed E-state index contributed by atoms with van der Waals surface area (Å²) < 4.78 is 5.29. The highest BCUT2D eigenvalue weighted by Crippen LogP contribution is 2.48. The van der Waals surface area contributed by atoms with Crippen LogP contribution in [-0.4, -0.2) is 31.1 Å². The maximum atomic E-state index is 11.3. The van der Waals surface area contributed by atoms with E-state index < -0.39 is 5.91 Å². The number of carbonyl (C=O) groups excluding carboxylic acids is 2. The van der Waals surface area contributed by atoms with Crippen LogP contribution in [0.25, 0.3) is 0 Å². The number of nitrogens with one attached hydrogen (secondary N) is 1. The first-order chi connectivity index (χ1) is 6.20. The standard InChI is InChI=1S/C8H12N2O3/c9-5(11)3-10-8(12)6-4-1-2-13-7(4)6/h4,6-7H,1-3H2,(H2,9,11)(H,10,12). The van der Waals surface area contributed by atoms with Crippen molar-refractivity contribution in [2.45, 2.75) is 12.5 Å². The maximum absolute atomic E-state index is 11.3. The van der Waals surface area contributed by atoms with Crippen LogP contribution in [0.2, 0.25) is 0 Å². The number of nitrogens with two attached hydrogens (primary N) is 1. The zero-order chi connectivity index (χ0) is 9.42. The van der Waals surface area contributed by atoms with Gasteiger partial charge in [-0.1, -0.05) is 0 Å². The van der Waals surface area contributed by atoms with E-state index in [0.717, 1.165) is 13.0 Å². The van der Waals surface area contributed by atoms with E-state index in [4.69, 9.17) is 10.5 Å². The van der Waals surface area contributed by atoms with Crippen LogP contribution in [0.5, 0.6) is 0 Å². The Bertz CT molecular complexity index is 244. The lowest BCUT2D eigenvalue weighted by atomic mass is 10.2. The summed E-state index contributed by atoms with van der Waals surface area (Å²) in [6.45, 7) is 0.684. The normalized spacial score (nSPS) is 35.2. The van der Waals surface area contributed by atoms with Gasteiger partial charge >= 0.3 is 0 Å². The molecule has 0 radical (unpaired) electrons. The van der Waals surface area contributed by atoms with E-state index in [1.165, 1.54) is 0 Å². The Balaban J connectivity index is 1.77. The molecule has 3 unspecified atom stereocenters. The molecular weight excluding hydrogens is 172 g/mol. The van der Waals surface area contributed by atoms with Gasteiger partial charge in [-0.2, -0.15) is 0 Å². The van der Waals surface area contributed by atoms with E-state index in [2.05, 4.69) is 5.32 Å². The van der Waals surface area contributed by atoms with Crippen molar-refractivity contribution in [3.63, 3.8) is 0 Å². The van der Waals surface area contributed by atoms with Gasteiger partial charge in [0.2, 0.25) is 11.8 Å². The number of amides is 2. The number of primary amides is 1. The first-order valence-electron chi connectivity index (χ1n) is 4.38. The molecule has 0 bridgehead atoms. The third-order valence-electron chi connectivity index (χ3n) is 2.60. The summed E-state index contributed by atoms with van der Waals surface area (Å²) in [5, 5.41) is 2.48. The average molecular weight is 184 g/mol. The summed E-state index contributed by atoms with van der Waals surface area (Å²) in [7, 11) is 0. The van der Waals surface area contributed by atoms with Gasteiger partial charge in [-0.25, -0.2) is 0 Å². The summed E-state index contributed by atoms with van der Waals surface area (Å²) in [5.74, 6) is -0.269. The number of rotatable bonds is 3. The average Bonchev–Trinajstić information content (AvgIpc) is 2.56. The van der Waals surface area contributed by atoms with Gasteiger partial charge in [-0.05, 0) is 6.42 Å². The quantitative estimate of drug-likeness (QED) is 0.567. The SMILES string of the molecule is NC(=O)CNC(=O)C1C2CCOC21. The van der Waals surface area contributed by atoms with Crippen LogP contribution in [-0.2, 0) is 14.3 Å². The molecule has 1 saturated carbocycles. The molecule has 5 heteroatoms. The molecule has 1 aliphatic heterocycles. The van der Waals surface area contributed by atoms with Crippen molar-refractivity contribution in [1.29, 1.82) is 0 Å². The fourth-order valence-electron chi connectivity index (χ4n) is 1.89. The van der Waals surface area contributed by atoms with E-state index in [9.17, 15) is 9.59 Å². The first kappa shape index (κ1) is 8.50. The molecule has 3 N–H and O–H groups in total. The van der Waals surface area contributed by atoms with Crippen molar-refractivity contribution in [3.8, 4) is 0 Å². The fourth-order valence-corrected chi connectivity index (χ4v) is 1.89. The fraction of sp³-hybridized carbons (Fsp3) is 0.750. The smallest absolute Gasteiger partial charge is 0.236 e. The van der Waals surface area contributed by atoms with E-state index in [0.29, 0.717) is 5.92 Å². The highest BCUT2D eigenvalue weighted by Gasteiger charge is 2.58. The molecule has 1 aliphatic carbocycles. The Morgan fingerprint density at radius 2 is 2.31 bits per heavy atom. The van der Waals surface area contributed by atoms with E-state index >= 15 is 0 Å². The predicted molar refractivity (Wildman–Crippen MR) is 43.5 cm³/mol. The second-order valence-corrected chi connectivity index (χ2v) is 3.50. The number of fused-ring (bicyclic) bond motifs is 1. The molecule has 0 spiro atoms. The minimum Gasteiger partial charge on any atom is -0.377 e. The zero-order valence-electron chi connectivity index (χ0n) is 7.16. The summed E-state index contributed by atoms with van der Waals surface area (Å²) in [6.07, 6.45) is 1.06. The third-order valence-corrected chi connectivity index (χ3v) is 2.60.